The van der Waals surface area contributed by atoms with Crippen LogP contribution in [-0.2, 0) is 6.42 Å². The SMILES string of the molecule is CCNC(=O)Nc1ccc(Cc2nc(Nc3cc(C)[nH]n3)nc(N3CCN(C)CC3)n2)cc1. The molecule has 174 valence electrons. The van der Waals surface area contributed by atoms with Gasteiger partial charge in [-0.25, -0.2) is 4.79 Å². The molecule has 4 rings (SSSR count). The molecule has 1 aliphatic rings. The molecule has 0 atom stereocenters. The molecule has 4 N–H and O–H groups in total. The molecule has 0 unspecified atom stereocenters. The number of anilines is 4. The number of aryl methyl sites for hydroxylation is 1. The summed E-state index contributed by atoms with van der Waals surface area (Å²) in [6.07, 6.45) is 0.541. The van der Waals surface area contributed by atoms with Gasteiger partial charge in [0.05, 0.1) is 0 Å². The lowest BCUT2D eigenvalue weighted by Gasteiger charge is -2.32. The molecule has 0 bridgehead atoms. The first-order valence-electron chi connectivity index (χ1n) is 11.1. The van der Waals surface area contributed by atoms with Gasteiger partial charge >= 0.3 is 6.03 Å². The minimum Gasteiger partial charge on any atom is -0.338 e. The van der Waals surface area contributed by atoms with Crippen LogP contribution in [0.25, 0.3) is 0 Å². The summed E-state index contributed by atoms with van der Waals surface area (Å²) in [6.45, 7) is 8.04. The summed E-state index contributed by atoms with van der Waals surface area (Å²) in [6, 6.07) is 9.36. The molecule has 11 nitrogen and oxygen atoms in total. The molecule has 0 saturated carbocycles. The van der Waals surface area contributed by atoms with Gasteiger partial charge in [0.25, 0.3) is 0 Å². The Morgan fingerprint density at radius 1 is 1.09 bits per heavy atom. The van der Waals surface area contributed by atoms with Crippen molar-refractivity contribution in [1.82, 2.24) is 35.4 Å². The van der Waals surface area contributed by atoms with Crippen LogP contribution < -0.4 is 20.9 Å². The van der Waals surface area contributed by atoms with Crippen LogP contribution in [0.15, 0.2) is 30.3 Å². The molecule has 33 heavy (non-hydrogen) atoms. The predicted molar refractivity (Wildman–Crippen MR) is 128 cm³/mol. The molecule has 1 fully saturated rings. The molecule has 3 heterocycles. The number of piperazine rings is 1. The van der Waals surface area contributed by atoms with Crippen LogP contribution in [-0.4, -0.2) is 75.9 Å². The number of likely N-dealkylation sites (N-methyl/N-ethyl adjacent to an activating group) is 1. The number of carbonyl (C=O) groups is 1. The van der Waals surface area contributed by atoms with E-state index >= 15 is 0 Å². The number of rotatable bonds is 7. The van der Waals surface area contributed by atoms with Crippen molar-refractivity contribution in [2.75, 3.05) is 55.3 Å². The second kappa shape index (κ2) is 10.3. The minimum absolute atomic E-state index is 0.219. The third kappa shape index (κ3) is 6.16. The van der Waals surface area contributed by atoms with Crippen LogP contribution in [0, 0.1) is 6.92 Å². The molecule has 0 radical (unpaired) electrons. The van der Waals surface area contributed by atoms with E-state index in [9.17, 15) is 4.79 Å². The zero-order valence-electron chi connectivity index (χ0n) is 19.2. The van der Waals surface area contributed by atoms with Gasteiger partial charge in [-0.05, 0) is 38.6 Å². The van der Waals surface area contributed by atoms with Gasteiger partial charge < -0.3 is 25.8 Å². The Hall–Kier alpha value is -3.73. The number of carbonyl (C=O) groups excluding carboxylic acids is 1. The standard InChI is InChI=1S/C22H30N10O/c1-4-23-22(33)24-17-7-5-16(6-8-17)14-18-25-20(26-19-13-15(2)29-30-19)28-21(27-18)32-11-9-31(3)10-12-32/h5-8,13H,4,9-12,14H2,1-3H3,(H2,23,24,33)(H2,25,26,27,28,29,30). The number of aromatic amines is 1. The number of nitrogens with one attached hydrogen (secondary N) is 4. The lowest BCUT2D eigenvalue weighted by molar-refractivity contribution is 0.252. The van der Waals surface area contributed by atoms with Crippen LogP contribution >= 0.6 is 0 Å². The van der Waals surface area contributed by atoms with Crippen LogP contribution in [0.4, 0.5) is 28.2 Å². The molecule has 1 aromatic carbocycles. The molecular formula is C22H30N10O. The first-order chi connectivity index (χ1) is 16.0. The Balaban J connectivity index is 1.53. The van der Waals surface area contributed by atoms with Crippen molar-refractivity contribution in [2.24, 2.45) is 0 Å². The first kappa shape index (κ1) is 22.5. The fourth-order valence-electron chi connectivity index (χ4n) is 3.51. The van der Waals surface area contributed by atoms with Crippen LogP contribution in [0.1, 0.15) is 24.0 Å². The Morgan fingerprint density at radius 2 is 1.85 bits per heavy atom. The average molecular weight is 451 g/mol. The zero-order chi connectivity index (χ0) is 23.2. The molecule has 3 aromatic rings. The molecule has 1 saturated heterocycles. The molecular weight excluding hydrogens is 420 g/mol. The highest BCUT2D eigenvalue weighted by molar-refractivity contribution is 5.89. The quantitative estimate of drug-likeness (QED) is 0.431. The Kier molecular flexibility index (Phi) is 6.98. The van der Waals surface area contributed by atoms with Crippen molar-refractivity contribution < 1.29 is 4.79 Å². The minimum atomic E-state index is -0.219. The summed E-state index contributed by atoms with van der Waals surface area (Å²) in [4.78, 5) is 30.2. The highest BCUT2D eigenvalue weighted by Crippen LogP contribution is 2.19. The average Bonchev–Trinajstić information content (AvgIpc) is 3.20. The summed E-state index contributed by atoms with van der Waals surface area (Å²) in [7, 11) is 2.12. The van der Waals surface area contributed by atoms with E-state index in [2.05, 4.69) is 53.0 Å². The number of amides is 2. The van der Waals surface area contributed by atoms with Gasteiger partial charge in [0.1, 0.15) is 5.82 Å². The van der Waals surface area contributed by atoms with Gasteiger partial charge in [-0.3, -0.25) is 5.10 Å². The van der Waals surface area contributed by atoms with Crippen molar-refractivity contribution in [3.05, 3.63) is 47.4 Å². The normalized spacial score (nSPS) is 14.2. The van der Waals surface area contributed by atoms with Gasteiger partial charge in [0.2, 0.25) is 11.9 Å². The number of H-pyrrole nitrogens is 1. The van der Waals surface area contributed by atoms with E-state index in [1.54, 1.807) is 0 Å². The maximum Gasteiger partial charge on any atom is 0.319 e. The number of urea groups is 1. The maximum atomic E-state index is 11.7. The summed E-state index contributed by atoms with van der Waals surface area (Å²) in [5.41, 5.74) is 2.72. The number of hydrogen-bond donors (Lipinski definition) is 4. The third-order valence-corrected chi connectivity index (χ3v) is 5.31. The fraction of sp³-hybridized carbons (Fsp3) is 0.409. The number of benzene rings is 1. The predicted octanol–water partition coefficient (Wildman–Crippen LogP) is 2.13. The van der Waals surface area contributed by atoms with Crippen molar-refractivity contribution in [3.8, 4) is 0 Å². The lowest BCUT2D eigenvalue weighted by atomic mass is 10.1. The van der Waals surface area contributed by atoms with E-state index in [1.165, 1.54) is 0 Å². The number of hydrogen-bond acceptors (Lipinski definition) is 8. The van der Waals surface area contributed by atoms with Crippen molar-refractivity contribution in [3.63, 3.8) is 0 Å². The van der Waals surface area contributed by atoms with Gasteiger partial charge in [-0.2, -0.15) is 20.1 Å². The third-order valence-electron chi connectivity index (χ3n) is 5.31. The molecule has 0 spiro atoms. The smallest absolute Gasteiger partial charge is 0.319 e. The summed E-state index contributed by atoms with van der Waals surface area (Å²) in [5, 5.41) is 15.9. The van der Waals surface area contributed by atoms with Crippen molar-refractivity contribution in [1.29, 1.82) is 0 Å². The molecule has 2 aromatic heterocycles. The monoisotopic (exact) mass is 450 g/mol. The van der Waals surface area contributed by atoms with Crippen LogP contribution in [0.5, 0.6) is 0 Å². The first-order valence-corrected chi connectivity index (χ1v) is 11.1. The van der Waals surface area contributed by atoms with Gasteiger partial charge in [0, 0.05) is 56.6 Å². The molecule has 11 heteroatoms. The number of nitrogens with zero attached hydrogens (tertiary/aromatic N) is 6. The van der Waals surface area contributed by atoms with E-state index in [1.807, 2.05) is 44.2 Å². The molecule has 2 amide bonds. The van der Waals surface area contributed by atoms with Crippen molar-refractivity contribution >= 4 is 29.4 Å². The summed E-state index contributed by atoms with van der Waals surface area (Å²) in [5.74, 6) is 2.46. The Labute approximate surface area is 193 Å². The highest BCUT2D eigenvalue weighted by atomic mass is 16.2. The van der Waals surface area contributed by atoms with E-state index in [0.717, 1.165) is 43.1 Å². The Bertz CT molecular complexity index is 1070. The molecule has 0 aliphatic carbocycles. The zero-order valence-corrected chi connectivity index (χ0v) is 19.2. The largest absolute Gasteiger partial charge is 0.338 e. The summed E-state index contributed by atoms with van der Waals surface area (Å²) >= 11 is 0. The Morgan fingerprint density at radius 3 is 2.52 bits per heavy atom. The van der Waals surface area contributed by atoms with Gasteiger partial charge in [-0.15, -0.1) is 0 Å². The van der Waals surface area contributed by atoms with Crippen LogP contribution in [0.3, 0.4) is 0 Å². The second-order valence-electron chi connectivity index (χ2n) is 8.08. The maximum absolute atomic E-state index is 11.7. The van der Waals surface area contributed by atoms with E-state index in [4.69, 9.17) is 4.98 Å². The fourth-order valence-corrected chi connectivity index (χ4v) is 3.51. The van der Waals surface area contributed by atoms with Crippen molar-refractivity contribution in [2.45, 2.75) is 20.3 Å². The topological polar surface area (TPSA) is 127 Å². The highest BCUT2D eigenvalue weighted by Gasteiger charge is 2.19. The van der Waals surface area contributed by atoms with Crippen LogP contribution in [0.2, 0.25) is 0 Å². The lowest BCUT2D eigenvalue weighted by Crippen LogP contribution is -2.45. The molecule has 1 aliphatic heterocycles. The summed E-state index contributed by atoms with van der Waals surface area (Å²) < 4.78 is 0. The number of aromatic nitrogens is 5. The van der Waals surface area contributed by atoms with Gasteiger partial charge in [-0.1, -0.05) is 12.1 Å². The van der Waals surface area contributed by atoms with E-state index in [0.29, 0.717) is 36.5 Å². The second-order valence-corrected chi connectivity index (χ2v) is 8.08. The van der Waals surface area contributed by atoms with E-state index in [-0.39, 0.29) is 6.03 Å². The van der Waals surface area contributed by atoms with E-state index < -0.39 is 0 Å². The van der Waals surface area contributed by atoms with Gasteiger partial charge in [0.15, 0.2) is 5.82 Å².